The van der Waals surface area contributed by atoms with E-state index in [1.807, 2.05) is 4.90 Å². The van der Waals surface area contributed by atoms with Gasteiger partial charge in [-0.3, -0.25) is 4.79 Å². The maximum absolute atomic E-state index is 11.6. The van der Waals surface area contributed by atoms with Gasteiger partial charge in [-0.15, -0.1) is 0 Å². The van der Waals surface area contributed by atoms with Crippen LogP contribution in [0.3, 0.4) is 0 Å². The summed E-state index contributed by atoms with van der Waals surface area (Å²) in [5.74, 6) is -0.808. The Morgan fingerprint density at radius 1 is 1.30 bits per heavy atom. The standard InChI is InChI=1S/C13H18N2O4S/c1-13(12(16)17)6-8-15(9-7-13)10-4-2-3-5-11(10)20(14,18)19/h2-5H,6-9H2,1H3,(H,16,17)(H2,14,18,19). The molecule has 20 heavy (non-hydrogen) atoms. The second-order valence-corrected chi connectivity index (χ2v) is 6.90. The van der Waals surface area contributed by atoms with Crippen LogP contribution in [0.2, 0.25) is 0 Å². The van der Waals surface area contributed by atoms with E-state index in [9.17, 15) is 18.3 Å². The quantitative estimate of drug-likeness (QED) is 0.868. The number of primary sulfonamides is 1. The highest BCUT2D eigenvalue weighted by atomic mass is 32.2. The Labute approximate surface area is 118 Å². The summed E-state index contributed by atoms with van der Waals surface area (Å²) in [6, 6.07) is 6.53. The average Bonchev–Trinajstić information content (AvgIpc) is 2.38. The van der Waals surface area contributed by atoms with Gasteiger partial charge in [-0.25, -0.2) is 13.6 Å². The summed E-state index contributed by atoms with van der Waals surface area (Å²) in [4.78, 5) is 13.2. The van der Waals surface area contributed by atoms with E-state index in [0.29, 0.717) is 31.6 Å². The average molecular weight is 298 g/mol. The van der Waals surface area contributed by atoms with Crippen LogP contribution in [0, 0.1) is 5.41 Å². The SMILES string of the molecule is CC1(C(=O)O)CCN(c2ccccc2S(N)(=O)=O)CC1. The van der Waals surface area contributed by atoms with Gasteiger partial charge in [0.05, 0.1) is 11.1 Å². The summed E-state index contributed by atoms with van der Waals surface area (Å²) in [5, 5.41) is 14.4. The number of hydrogen-bond acceptors (Lipinski definition) is 4. The van der Waals surface area contributed by atoms with Crippen molar-refractivity contribution in [2.75, 3.05) is 18.0 Å². The number of nitrogens with zero attached hydrogens (tertiary/aromatic N) is 1. The summed E-state index contributed by atoms with van der Waals surface area (Å²) in [7, 11) is -3.79. The van der Waals surface area contributed by atoms with Gasteiger partial charge < -0.3 is 10.0 Å². The molecule has 1 aromatic rings. The van der Waals surface area contributed by atoms with Gasteiger partial charge in [-0.1, -0.05) is 12.1 Å². The molecule has 110 valence electrons. The Morgan fingerprint density at radius 3 is 2.35 bits per heavy atom. The number of carboxylic acid groups (broad SMARTS) is 1. The summed E-state index contributed by atoms with van der Waals surface area (Å²) in [5.41, 5.74) is -0.199. The van der Waals surface area contributed by atoms with Gasteiger partial charge in [0.2, 0.25) is 10.0 Å². The number of rotatable bonds is 3. The molecule has 0 aliphatic carbocycles. The summed E-state index contributed by atoms with van der Waals surface area (Å²) in [6.45, 7) is 2.71. The number of piperidine rings is 1. The van der Waals surface area contributed by atoms with Crippen molar-refractivity contribution in [2.24, 2.45) is 10.6 Å². The van der Waals surface area contributed by atoms with Crippen LogP contribution in [0.25, 0.3) is 0 Å². The fourth-order valence-corrected chi connectivity index (χ4v) is 3.17. The van der Waals surface area contributed by atoms with Crippen LogP contribution in [0.1, 0.15) is 19.8 Å². The van der Waals surface area contributed by atoms with Gasteiger partial charge in [-0.2, -0.15) is 0 Å². The van der Waals surface area contributed by atoms with E-state index in [4.69, 9.17) is 5.14 Å². The fourth-order valence-electron chi connectivity index (χ4n) is 2.41. The van der Waals surface area contributed by atoms with E-state index in [1.54, 1.807) is 25.1 Å². The summed E-state index contributed by atoms with van der Waals surface area (Å²) >= 11 is 0. The molecule has 2 rings (SSSR count). The summed E-state index contributed by atoms with van der Waals surface area (Å²) in [6.07, 6.45) is 0.947. The minimum absolute atomic E-state index is 0.0823. The van der Waals surface area contributed by atoms with Crippen molar-refractivity contribution in [2.45, 2.75) is 24.7 Å². The molecule has 1 saturated heterocycles. The van der Waals surface area contributed by atoms with Crippen molar-refractivity contribution in [1.82, 2.24) is 0 Å². The number of aliphatic carboxylic acids is 1. The third kappa shape index (κ3) is 2.78. The van der Waals surface area contributed by atoms with Gasteiger partial charge in [0.15, 0.2) is 0 Å². The van der Waals surface area contributed by atoms with Gasteiger partial charge in [0, 0.05) is 13.1 Å². The minimum atomic E-state index is -3.79. The molecule has 6 nitrogen and oxygen atoms in total. The molecular weight excluding hydrogens is 280 g/mol. The van der Waals surface area contributed by atoms with E-state index >= 15 is 0 Å². The van der Waals surface area contributed by atoms with Crippen LogP contribution >= 0.6 is 0 Å². The molecule has 0 radical (unpaired) electrons. The molecule has 1 aliphatic rings. The highest BCUT2D eigenvalue weighted by molar-refractivity contribution is 7.89. The van der Waals surface area contributed by atoms with Gasteiger partial charge in [0.25, 0.3) is 0 Å². The Kier molecular flexibility index (Phi) is 3.75. The van der Waals surface area contributed by atoms with Gasteiger partial charge in [-0.05, 0) is 31.9 Å². The Morgan fingerprint density at radius 2 is 1.85 bits per heavy atom. The maximum Gasteiger partial charge on any atom is 0.309 e. The van der Waals surface area contributed by atoms with Crippen LogP contribution in [-0.4, -0.2) is 32.6 Å². The highest BCUT2D eigenvalue weighted by Crippen LogP contribution is 2.35. The first kappa shape index (κ1) is 14.8. The lowest BCUT2D eigenvalue weighted by atomic mass is 9.80. The van der Waals surface area contributed by atoms with E-state index in [1.165, 1.54) is 6.07 Å². The number of hydrogen-bond donors (Lipinski definition) is 2. The van der Waals surface area contributed by atoms with Crippen molar-refractivity contribution < 1.29 is 18.3 Å². The highest BCUT2D eigenvalue weighted by Gasteiger charge is 2.37. The number of carboxylic acids is 1. The third-order valence-corrected chi connectivity index (χ3v) is 4.85. The van der Waals surface area contributed by atoms with Crippen LogP contribution in [0.4, 0.5) is 5.69 Å². The number of sulfonamides is 1. The fraction of sp³-hybridized carbons (Fsp3) is 0.462. The first-order valence-corrected chi connectivity index (χ1v) is 7.89. The largest absolute Gasteiger partial charge is 0.481 e. The topological polar surface area (TPSA) is 101 Å². The lowest BCUT2D eigenvalue weighted by molar-refractivity contribution is -0.149. The molecule has 0 saturated carbocycles. The third-order valence-electron chi connectivity index (χ3n) is 3.90. The Balaban J connectivity index is 2.26. The molecule has 3 N–H and O–H groups in total. The molecule has 0 atom stereocenters. The zero-order chi connectivity index (χ0) is 15.0. The molecule has 7 heteroatoms. The first-order valence-electron chi connectivity index (χ1n) is 6.34. The van der Waals surface area contributed by atoms with Crippen molar-refractivity contribution in [3.63, 3.8) is 0 Å². The normalized spacial score (nSPS) is 18.8. The molecule has 0 amide bonds. The number of nitrogens with two attached hydrogens (primary N) is 1. The van der Waals surface area contributed by atoms with Crippen molar-refractivity contribution in [1.29, 1.82) is 0 Å². The lowest BCUT2D eigenvalue weighted by Crippen LogP contribution is -2.43. The lowest BCUT2D eigenvalue weighted by Gasteiger charge is -2.38. The number of para-hydroxylation sites is 1. The van der Waals surface area contributed by atoms with Gasteiger partial charge in [0.1, 0.15) is 4.90 Å². The molecule has 1 heterocycles. The molecule has 1 fully saturated rings. The molecule has 0 unspecified atom stereocenters. The first-order chi connectivity index (χ1) is 9.24. The van der Waals surface area contributed by atoms with E-state index in [-0.39, 0.29) is 4.90 Å². The van der Waals surface area contributed by atoms with E-state index in [0.717, 1.165) is 0 Å². The maximum atomic E-state index is 11.6. The zero-order valence-corrected chi connectivity index (χ0v) is 12.1. The van der Waals surface area contributed by atoms with Crippen LogP contribution in [-0.2, 0) is 14.8 Å². The van der Waals surface area contributed by atoms with E-state index < -0.39 is 21.4 Å². The molecule has 0 spiro atoms. The van der Waals surface area contributed by atoms with Gasteiger partial charge >= 0.3 is 5.97 Å². The summed E-state index contributed by atoms with van der Waals surface area (Å²) < 4.78 is 23.2. The molecular formula is C13H18N2O4S. The Hall–Kier alpha value is -1.60. The molecule has 0 bridgehead atoms. The second-order valence-electron chi connectivity index (χ2n) is 5.37. The van der Waals surface area contributed by atoms with Crippen molar-refractivity contribution in [3.8, 4) is 0 Å². The number of carbonyl (C=O) groups is 1. The van der Waals surface area contributed by atoms with E-state index in [2.05, 4.69) is 0 Å². The molecule has 0 aromatic heterocycles. The molecule has 1 aliphatic heterocycles. The molecule has 1 aromatic carbocycles. The smallest absolute Gasteiger partial charge is 0.309 e. The van der Waals surface area contributed by atoms with Crippen molar-refractivity contribution >= 4 is 21.7 Å². The second kappa shape index (κ2) is 5.06. The number of anilines is 1. The monoisotopic (exact) mass is 298 g/mol. The zero-order valence-electron chi connectivity index (χ0n) is 11.2. The number of benzene rings is 1. The van der Waals surface area contributed by atoms with Crippen LogP contribution in [0.15, 0.2) is 29.2 Å². The van der Waals surface area contributed by atoms with Crippen LogP contribution < -0.4 is 10.0 Å². The predicted molar refractivity (Wildman–Crippen MR) is 75.0 cm³/mol. The minimum Gasteiger partial charge on any atom is -0.481 e. The van der Waals surface area contributed by atoms with Crippen LogP contribution in [0.5, 0.6) is 0 Å². The Bertz CT molecular complexity index is 619. The predicted octanol–water partition coefficient (Wildman–Crippen LogP) is 1.03. The van der Waals surface area contributed by atoms with Crippen molar-refractivity contribution in [3.05, 3.63) is 24.3 Å².